The summed E-state index contributed by atoms with van der Waals surface area (Å²) in [6, 6.07) is 0. The molecule has 0 rings (SSSR count). The van der Waals surface area contributed by atoms with Gasteiger partial charge in [-0.05, 0) is 5.41 Å². The van der Waals surface area contributed by atoms with Crippen molar-refractivity contribution in [3.05, 3.63) is 0 Å². The van der Waals surface area contributed by atoms with Crippen molar-refractivity contribution >= 4 is 0 Å². The van der Waals surface area contributed by atoms with Crippen molar-refractivity contribution in [3.8, 4) is 0 Å². The minimum absolute atomic E-state index is 0.188. The third kappa shape index (κ3) is 1.68. The van der Waals surface area contributed by atoms with Gasteiger partial charge >= 0.3 is 0 Å². The molecule has 3 nitrogen and oxygen atoms in total. The quantitative estimate of drug-likeness (QED) is 0.503. The Balaban J connectivity index is 4.33. The Morgan fingerprint density at radius 3 is 1.40 bits per heavy atom. The maximum atomic E-state index is 8.84. The molecule has 0 fully saturated rings. The van der Waals surface area contributed by atoms with E-state index < -0.39 is 5.54 Å². The summed E-state index contributed by atoms with van der Waals surface area (Å²) in [6.07, 6.45) is 0. The minimum atomic E-state index is -0.868. The summed E-state index contributed by atoms with van der Waals surface area (Å²) >= 11 is 0. The standard InChI is InChI=1S/C7H17NO2/c1-6(2,3)7(8,4-9)5-10/h9-10H,4-5,8H2,1-3H3. The third-order valence-electron chi connectivity index (χ3n) is 2.06. The van der Waals surface area contributed by atoms with Crippen LogP contribution in [0, 0.1) is 5.41 Å². The second kappa shape index (κ2) is 2.86. The molecular formula is C7H17NO2. The monoisotopic (exact) mass is 147 g/mol. The molecular weight excluding hydrogens is 130 g/mol. The SMILES string of the molecule is CC(C)(C)C(N)(CO)CO. The lowest BCUT2D eigenvalue weighted by molar-refractivity contribution is 0.0409. The Bertz CT molecular complexity index is 103. The molecule has 0 saturated heterocycles. The van der Waals surface area contributed by atoms with Crippen LogP contribution in [0.4, 0.5) is 0 Å². The lowest BCUT2D eigenvalue weighted by Crippen LogP contribution is -2.57. The molecule has 0 atom stereocenters. The Labute approximate surface area is 61.9 Å². The predicted molar refractivity (Wildman–Crippen MR) is 40.5 cm³/mol. The van der Waals surface area contributed by atoms with E-state index in [1.807, 2.05) is 20.8 Å². The lowest BCUT2D eigenvalue weighted by atomic mass is 9.75. The molecule has 0 unspecified atom stereocenters. The fraction of sp³-hybridized carbons (Fsp3) is 1.00. The summed E-state index contributed by atoms with van der Waals surface area (Å²) in [5, 5.41) is 17.7. The average Bonchev–Trinajstić information content (AvgIpc) is 1.84. The Morgan fingerprint density at radius 2 is 1.40 bits per heavy atom. The minimum Gasteiger partial charge on any atom is -0.394 e. The smallest absolute Gasteiger partial charge is 0.0672 e. The van der Waals surface area contributed by atoms with Crippen LogP contribution >= 0.6 is 0 Å². The zero-order valence-electron chi connectivity index (χ0n) is 6.89. The summed E-state index contributed by atoms with van der Waals surface area (Å²) in [7, 11) is 0. The first-order valence-corrected chi connectivity index (χ1v) is 3.38. The molecule has 0 aromatic carbocycles. The van der Waals surface area contributed by atoms with Crippen LogP contribution in [-0.2, 0) is 0 Å². The van der Waals surface area contributed by atoms with Crippen LogP contribution in [0.3, 0.4) is 0 Å². The van der Waals surface area contributed by atoms with Gasteiger partial charge in [-0.2, -0.15) is 0 Å². The second-order valence-electron chi connectivity index (χ2n) is 3.72. The van der Waals surface area contributed by atoms with Gasteiger partial charge in [0.05, 0.1) is 18.8 Å². The van der Waals surface area contributed by atoms with Crippen LogP contribution in [0.2, 0.25) is 0 Å². The van der Waals surface area contributed by atoms with Crippen LogP contribution in [0.25, 0.3) is 0 Å². The van der Waals surface area contributed by atoms with Gasteiger partial charge in [-0.25, -0.2) is 0 Å². The maximum absolute atomic E-state index is 8.84. The van der Waals surface area contributed by atoms with Crippen LogP contribution in [0.5, 0.6) is 0 Å². The third-order valence-corrected chi connectivity index (χ3v) is 2.06. The highest BCUT2D eigenvalue weighted by Gasteiger charge is 2.36. The molecule has 0 aliphatic rings. The van der Waals surface area contributed by atoms with Crippen LogP contribution < -0.4 is 5.73 Å². The first kappa shape index (κ1) is 9.88. The first-order chi connectivity index (χ1) is 4.37. The molecule has 62 valence electrons. The average molecular weight is 147 g/mol. The van der Waals surface area contributed by atoms with Gasteiger partial charge in [0.2, 0.25) is 0 Å². The van der Waals surface area contributed by atoms with E-state index in [0.29, 0.717) is 0 Å². The van der Waals surface area contributed by atoms with Gasteiger partial charge in [0.1, 0.15) is 0 Å². The molecule has 3 heteroatoms. The molecule has 0 aliphatic heterocycles. The normalized spacial score (nSPS) is 13.8. The summed E-state index contributed by atoms with van der Waals surface area (Å²) in [5.74, 6) is 0. The lowest BCUT2D eigenvalue weighted by Gasteiger charge is -2.38. The molecule has 10 heavy (non-hydrogen) atoms. The van der Waals surface area contributed by atoms with E-state index >= 15 is 0 Å². The maximum Gasteiger partial charge on any atom is 0.0672 e. The van der Waals surface area contributed by atoms with Crippen molar-refractivity contribution in [2.24, 2.45) is 11.1 Å². The number of hydrogen-bond donors (Lipinski definition) is 3. The van der Waals surface area contributed by atoms with E-state index in [9.17, 15) is 0 Å². The molecule has 0 spiro atoms. The molecule has 0 aromatic rings. The zero-order chi connectivity index (χ0) is 8.41. The highest BCUT2D eigenvalue weighted by atomic mass is 16.3. The van der Waals surface area contributed by atoms with E-state index in [2.05, 4.69) is 0 Å². The summed E-state index contributed by atoms with van der Waals surface area (Å²) in [6.45, 7) is 5.29. The van der Waals surface area contributed by atoms with Gasteiger partial charge in [0, 0.05) is 0 Å². The molecule has 4 N–H and O–H groups in total. The number of nitrogens with two attached hydrogens (primary N) is 1. The topological polar surface area (TPSA) is 66.5 Å². The largest absolute Gasteiger partial charge is 0.394 e. The molecule has 0 aliphatic carbocycles. The molecule has 0 radical (unpaired) electrons. The van der Waals surface area contributed by atoms with Gasteiger partial charge in [-0.1, -0.05) is 20.8 Å². The first-order valence-electron chi connectivity index (χ1n) is 3.38. The molecule has 0 saturated carbocycles. The van der Waals surface area contributed by atoms with Crippen LogP contribution in [0.15, 0.2) is 0 Å². The summed E-state index contributed by atoms with van der Waals surface area (Å²) in [4.78, 5) is 0. The number of aliphatic hydroxyl groups excluding tert-OH is 2. The van der Waals surface area contributed by atoms with E-state index in [4.69, 9.17) is 15.9 Å². The second-order valence-corrected chi connectivity index (χ2v) is 3.72. The number of rotatable bonds is 2. The predicted octanol–water partition coefficient (Wildman–Crippen LogP) is -0.285. The molecule has 0 amide bonds. The van der Waals surface area contributed by atoms with Gasteiger partial charge < -0.3 is 15.9 Å². The van der Waals surface area contributed by atoms with Crippen LogP contribution in [0.1, 0.15) is 20.8 Å². The molecule has 0 aromatic heterocycles. The van der Waals surface area contributed by atoms with E-state index in [-0.39, 0.29) is 18.6 Å². The van der Waals surface area contributed by atoms with Crippen molar-refractivity contribution in [2.45, 2.75) is 26.3 Å². The van der Waals surface area contributed by atoms with Crippen molar-refractivity contribution in [3.63, 3.8) is 0 Å². The summed E-state index contributed by atoms with van der Waals surface area (Å²) < 4.78 is 0. The number of hydrogen-bond acceptors (Lipinski definition) is 3. The highest BCUT2D eigenvalue weighted by molar-refractivity contribution is 4.94. The Hall–Kier alpha value is -0.120. The van der Waals surface area contributed by atoms with E-state index in [0.717, 1.165) is 0 Å². The highest BCUT2D eigenvalue weighted by Crippen LogP contribution is 2.26. The van der Waals surface area contributed by atoms with Gasteiger partial charge in [0.25, 0.3) is 0 Å². The van der Waals surface area contributed by atoms with Gasteiger partial charge in [-0.3, -0.25) is 0 Å². The Kier molecular flexibility index (Phi) is 2.83. The van der Waals surface area contributed by atoms with E-state index in [1.165, 1.54) is 0 Å². The van der Waals surface area contributed by atoms with Crippen molar-refractivity contribution in [2.75, 3.05) is 13.2 Å². The van der Waals surface area contributed by atoms with Gasteiger partial charge in [-0.15, -0.1) is 0 Å². The zero-order valence-corrected chi connectivity index (χ0v) is 6.89. The van der Waals surface area contributed by atoms with Crippen LogP contribution in [-0.4, -0.2) is 29.0 Å². The van der Waals surface area contributed by atoms with Gasteiger partial charge in [0.15, 0.2) is 0 Å². The Morgan fingerprint density at radius 1 is 1.10 bits per heavy atom. The number of aliphatic hydroxyl groups is 2. The van der Waals surface area contributed by atoms with Crippen molar-refractivity contribution < 1.29 is 10.2 Å². The molecule has 0 heterocycles. The fourth-order valence-corrected chi connectivity index (χ4v) is 0.524. The van der Waals surface area contributed by atoms with E-state index in [1.54, 1.807) is 0 Å². The van der Waals surface area contributed by atoms with Crippen molar-refractivity contribution in [1.29, 1.82) is 0 Å². The molecule has 0 bridgehead atoms. The van der Waals surface area contributed by atoms with Crippen molar-refractivity contribution in [1.82, 2.24) is 0 Å². The summed E-state index contributed by atoms with van der Waals surface area (Å²) in [5.41, 5.74) is 4.54. The fourth-order valence-electron chi connectivity index (χ4n) is 0.524.